The maximum absolute atomic E-state index is 12.2. The third-order valence-electron chi connectivity index (χ3n) is 3.03. The lowest BCUT2D eigenvalue weighted by atomic mass is 10.2. The molecule has 0 saturated heterocycles. The van der Waals surface area contributed by atoms with E-state index < -0.39 is 0 Å². The number of nitrogens with zero attached hydrogens (tertiary/aromatic N) is 3. The van der Waals surface area contributed by atoms with Gasteiger partial charge in [0.25, 0.3) is 5.91 Å². The Morgan fingerprint density at radius 3 is 2.64 bits per heavy atom. The number of aromatic nitrogens is 3. The summed E-state index contributed by atoms with van der Waals surface area (Å²) in [4.78, 5) is 24.1. The van der Waals surface area contributed by atoms with Crippen LogP contribution in [0.1, 0.15) is 27.0 Å². The predicted octanol–water partition coefficient (Wildman–Crippen LogP) is 2.78. The van der Waals surface area contributed by atoms with Gasteiger partial charge in [-0.2, -0.15) is 0 Å². The van der Waals surface area contributed by atoms with Crippen molar-refractivity contribution in [2.45, 2.75) is 6.92 Å². The first-order valence-corrected chi connectivity index (χ1v) is 7.37. The first-order chi connectivity index (χ1) is 10.6. The Balaban J connectivity index is 1.79. The van der Waals surface area contributed by atoms with Crippen LogP contribution in [-0.2, 0) is 0 Å². The molecule has 2 aromatic heterocycles. The topological polar surface area (TPSA) is 76.9 Å². The summed E-state index contributed by atoms with van der Waals surface area (Å²) in [6, 6.07) is 8.94. The van der Waals surface area contributed by atoms with Gasteiger partial charge in [0.15, 0.2) is 5.78 Å². The van der Waals surface area contributed by atoms with Crippen LogP contribution in [0.2, 0.25) is 0 Å². The van der Waals surface area contributed by atoms with Crippen LogP contribution < -0.4 is 5.32 Å². The molecule has 0 radical (unpaired) electrons. The molecule has 6 nitrogen and oxygen atoms in total. The second-order valence-electron chi connectivity index (χ2n) is 4.63. The molecule has 110 valence electrons. The van der Waals surface area contributed by atoms with Crippen molar-refractivity contribution in [2.75, 3.05) is 5.32 Å². The normalized spacial score (nSPS) is 10.4. The van der Waals surface area contributed by atoms with Crippen LogP contribution in [0.15, 0.2) is 48.4 Å². The van der Waals surface area contributed by atoms with Crippen molar-refractivity contribution in [2.24, 2.45) is 0 Å². The maximum atomic E-state index is 12.2. The van der Waals surface area contributed by atoms with Crippen LogP contribution >= 0.6 is 11.3 Å². The summed E-state index contributed by atoms with van der Waals surface area (Å²) in [6.07, 6.45) is 3.16. The van der Waals surface area contributed by atoms with E-state index in [9.17, 15) is 9.59 Å². The van der Waals surface area contributed by atoms with E-state index >= 15 is 0 Å². The third kappa shape index (κ3) is 2.94. The molecule has 0 aliphatic heterocycles. The summed E-state index contributed by atoms with van der Waals surface area (Å²) in [5.41, 5.74) is 1.98. The van der Waals surface area contributed by atoms with Crippen LogP contribution in [-0.4, -0.2) is 26.5 Å². The highest BCUT2D eigenvalue weighted by Gasteiger charge is 2.11. The quantitative estimate of drug-likeness (QED) is 0.752. The number of carbonyl (C=O) groups excluding carboxylic acids is 2. The van der Waals surface area contributed by atoms with Crippen LogP contribution in [0.25, 0.3) is 5.69 Å². The number of anilines is 1. The first-order valence-electron chi connectivity index (χ1n) is 6.49. The largest absolute Gasteiger partial charge is 0.322 e. The lowest BCUT2D eigenvalue weighted by molar-refractivity contribution is 0.102. The van der Waals surface area contributed by atoms with Gasteiger partial charge >= 0.3 is 0 Å². The fourth-order valence-electron chi connectivity index (χ4n) is 1.92. The van der Waals surface area contributed by atoms with Crippen molar-refractivity contribution < 1.29 is 9.59 Å². The van der Waals surface area contributed by atoms with Gasteiger partial charge in [0, 0.05) is 11.1 Å². The second kappa shape index (κ2) is 5.90. The summed E-state index contributed by atoms with van der Waals surface area (Å²) >= 11 is 1.27. The summed E-state index contributed by atoms with van der Waals surface area (Å²) in [7, 11) is 0. The van der Waals surface area contributed by atoms with Crippen LogP contribution in [0, 0.1) is 0 Å². The van der Waals surface area contributed by atoms with Gasteiger partial charge < -0.3 is 5.32 Å². The number of Topliss-reactive ketones (excluding diaryl/α,β-unsaturated/α-hetero) is 1. The molecule has 3 aromatic rings. The van der Waals surface area contributed by atoms with Crippen molar-refractivity contribution in [3.8, 4) is 5.69 Å². The molecule has 0 fully saturated rings. The number of rotatable bonds is 4. The molecular formula is C15H12N4O2S. The van der Waals surface area contributed by atoms with E-state index in [1.807, 2.05) is 18.2 Å². The highest BCUT2D eigenvalue weighted by Crippen LogP contribution is 2.18. The highest BCUT2D eigenvalue weighted by molar-refractivity contribution is 7.12. The van der Waals surface area contributed by atoms with E-state index in [4.69, 9.17) is 0 Å². The molecule has 0 aliphatic rings. The van der Waals surface area contributed by atoms with Crippen LogP contribution in [0.5, 0.6) is 0 Å². The van der Waals surface area contributed by atoms with Gasteiger partial charge in [-0.15, -0.1) is 21.5 Å². The average molecular weight is 312 g/mol. The predicted molar refractivity (Wildman–Crippen MR) is 83.6 cm³/mol. The molecule has 0 unspecified atom stereocenters. The minimum atomic E-state index is -0.246. The molecule has 0 aliphatic carbocycles. The van der Waals surface area contributed by atoms with Crippen LogP contribution in [0.4, 0.5) is 5.69 Å². The Morgan fingerprint density at radius 2 is 1.95 bits per heavy atom. The van der Waals surface area contributed by atoms with Gasteiger partial charge in [-0.05, 0) is 31.2 Å². The zero-order valence-corrected chi connectivity index (χ0v) is 12.5. The Bertz CT molecular complexity index is 824. The fraction of sp³-hybridized carbons (Fsp3) is 0.0667. The standard InChI is InChI=1S/C15H12N4O2S/c1-10(20)14-5-11(7-22-14)15(21)18-12-3-2-4-13(6-12)19-8-16-17-9-19/h2-9H,1H3,(H,18,21). The third-order valence-corrected chi connectivity index (χ3v) is 4.06. The number of nitrogens with one attached hydrogen (secondary N) is 1. The maximum Gasteiger partial charge on any atom is 0.256 e. The number of thiophene rings is 1. The van der Waals surface area contributed by atoms with Gasteiger partial charge in [0.05, 0.1) is 16.1 Å². The molecule has 0 saturated carbocycles. The van der Waals surface area contributed by atoms with Crippen molar-refractivity contribution in [1.29, 1.82) is 0 Å². The summed E-state index contributed by atoms with van der Waals surface area (Å²) in [6.45, 7) is 1.48. The van der Waals surface area contributed by atoms with Gasteiger partial charge in [-0.25, -0.2) is 0 Å². The van der Waals surface area contributed by atoms with E-state index in [1.165, 1.54) is 18.3 Å². The van der Waals surface area contributed by atoms with E-state index in [1.54, 1.807) is 34.7 Å². The molecule has 1 aromatic carbocycles. The van der Waals surface area contributed by atoms with E-state index in [2.05, 4.69) is 15.5 Å². The molecule has 1 amide bonds. The van der Waals surface area contributed by atoms with E-state index in [0.717, 1.165) is 5.69 Å². The molecule has 1 N–H and O–H groups in total. The molecule has 0 bridgehead atoms. The summed E-state index contributed by atoms with van der Waals surface area (Å²) in [5.74, 6) is -0.289. The number of amides is 1. The Morgan fingerprint density at radius 1 is 1.18 bits per heavy atom. The second-order valence-corrected chi connectivity index (χ2v) is 5.54. The zero-order valence-electron chi connectivity index (χ0n) is 11.7. The average Bonchev–Trinajstić information content (AvgIpc) is 3.19. The van der Waals surface area contributed by atoms with Crippen molar-refractivity contribution in [3.05, 3.63) is 58.8 Å². The van der Waals surface area contributed by atoms with Crippen molar-refractivity contribution >= 4 is 28.7 Å². The lowest BCUT2D eigenvalue weighted by Gasteiger charge is -2.06. The smallest absolute Gasteiger partial charge is 0.256 e. The monoisotopic (exact) mass is 312 g/mol. The van der Waals surface area contributed by atoms with Gasteiger partial charge in [0.2, 0.25) is 0 Å². The van der Waals surface area contributed by atoms with Crippen molar-refractivity contribution in [3.63, 3.8) is 0 Å². The molecule has 7 heteroatoms. The van der Waals surface area contributed by atoms with E-state index in [-0.39, 0.29) is 11.7 Å². The number of carbonyl (C=O) groups is 2. The fourth-order valence-corrected chi connectivity index (χ4v) is 2.71. The van der Waals surface area contributed by atoms with Gasteiger partial charge in [-0.1, -0.05) is 6.07 Å². The minimum Gasteiger partial charge on any atom is -0.322 e. The minimum absolute atomic E-state index is 0.0429. The Kier molecular flexibility index (Phi) is 3.80. The van der Waals surface area contributed by atoms with Crippen molar-refractivity contribution in [1.82, 2.24) is 14.8 Å². The molecule has 3 rings (SSSR count). The first kappa shape index (κ1) is 14.2. The Labute approximate surface area is 130 Å². The number of hydrogen-bond donors (Lipinski definition) is 1. The molecule has 0 spiro atoms. The molecule has 2 heterocycles. The van der Waals surface area contributed by atoms with Gasteiger partial charge in [0.1, 0.15) is 12.7 Å². The number of benzene rings is 1. The molecule has 22 heavy (non-hydrogen) atoms. The zero-order chi connectivity index (χ0) is 15.5. The number of hydrogen-bond acceptors (Lipinski definition) is 5. The number of ketones is 1. The lowest BCUT2D eigenvalue weighted by Crippen LogP contribution is -2.11. The summed E-state index contributed by atoms with van der Waals surface area (Å²) in [5, 5.41) is 12.0. The summed E-state index contributed by atoms with van der Waals surface area (Å²) < 4.78 is 1.74. The Hall–Kier alpha value is -2.80. The molecule has 0 atom stereocenters. The van der Waals surface area contributed by atoms with Crippen LogP contribution in [0.3, 0.4) is 0 Å². The van der Waals surface area contributed by atoms with Gasteiger partial charge in [-0.3, -0.25) is 14.2 Å². The highest BCUT2D eigenvalue weighted by atomic mass is 32.1. The molecular weight excluding hydrogens is 300 g/mol. The SMILES string of the molecule is CC(=O)c1cc(C(=O)Nc2cccc(-n3cnnc3)c2)cs1. The van der Waals surface area contributed by atoms with E-state index in [0.29, 0.717) is 16.1 Å².